The first-order chi connectivity index (χ1) is 9.04. The molecule has 0 aliphatic heterocycles. The van der Waals surface area contributed by atoms with E-state index in [1.54, 1.807) is 6.07 Å². The van der Waals surface area contributed by atoms with Crippen molar-refractivity contribution in [3.8, 4) is 5.75 Å². The quantitative estimate of drug-likeness (QED) is 0.853. The molecular formula is C14H18N4O. The molecule has 0 saturated carbocycles. The molecule has 2 aromatic rings. The van der Waals surface area contributed by atoms with Crippen LogP contribution in [0.1, 0.15) is 37.2 Å². The highest BCUT2D eigenvalue weighted by atomic mass is 16.5. The summed E-state index contributed by atoms with van der Waals surface area (Å²) in [6, 6.07) is 7.30. The average molecular weight is 258 g/mol. The zero-order valence-corrected chi connectivity index (χ0v) is 11.4. The van der Waals surface area contributed by atoms with Gasteiger partial charge in [-0.25, -0.2) is 15.0 Å². The Labute approximate surface area is 112 Å². The number of hydrogen-bond acceptors (Lipinski definition) is 5. The molecule has 1 aromatic carbocycles. The molecule has 0 aliphatic rings. The third kappa shape index (κ3) is 3.64. The molecule has 0 bridgehead atoms. The van der Waals surface area contributed by atoms with Crippen molar-refractivity contribution < 1.29 is 4.74 Å². The van der Waals surface area contributed by atoms with E-state index in [4.69, 9.17) is 10.5 Å². The lowest BCUT2D eigenvalue weighted by atomic mass is 10.2. The second-order valence-corrected chi connectivity index (χ2v) is 4.67. The molecule has 0 saturated heterocycles. The maximum Gasteiger partial charge on any atom is 0.170 e. The lowest BCUT2D eigenvalue weighted by Crippen LogP contribution is -2.09. The number of nitrogens with two attached hydrogens (primary N) is 1. The van der Waals surface area contributed by atoms with Crippen molar-refractivity contribution >= 4 is 5.69 Å². The molecule has 1 heterocycles. The Morgan fingerprint density at radius 3 is 2.68 bits per heavy atom. The molecule has 2 rings (SSSR count). The Kier molecular flexibility index (Phi) is 3.94. The summed E-state index contributed by atoms with van der Waals surface area (Å²) in [6.45, 7) is 6.28. The standard InChI is InChI=1S/C14H18N4O/c1-9(2)14-17-10(3)16-13(18-14)8-19-12-6-4-5-11(15)7-12/h4-7,9H,8,15H2,1-3H3. The summed E-state index contributed by atoms with van der Waals surface area (Å²) in [5.74, 6) is 3.12. The molecule has 2 N–H and O–H groups in total. The first kappa shape index (κ1) is 13.3. The maximum atomic E-state index is 5.69. The van der Waals surface area contributed by atoms with Crippen LogP contribution in [0.25, 0.3) is 0 Å². The van der Waals surface area contributed by atoms with Gasteiger partial charge in [0.2, 0.25) is 0 Å². The van der Waals surface area contributed by atoms with E-state index in [9.17, 15) is 0 Å². The highest BCUT2D eigenvalue weighted by Crippen LogP contribution is 2.16. The number of nitrogens with zero attached hydrogens (tertiary/aromatic N) is 3. The van der Waals surface area contributed by atoms with E-state index >= 15 is 0 Å². The van der Waals surface area contributed by atoms with Crippen molar-refractivity contribution in [2.45, 2.75) is 33.3 Å². The summed E-state index contributed by atoms with van der Waals surface area (Å²) < 4.78 is 5.63. The van der Waals surface area contributed by atoms with Crippen molar-refractivity contribution in [2.75, 3.05) is 5.73 Å². The number of anilines is 1. The van der Waals surface area contributed by atoms with E-state index in [2.05, 4.69) is 28.8 Å². The number of aromatic nitrogens is 3. The lowest BCUT2D eigenvalue weighted by Gasteiger charge is -2.09. The summed E-state index contributed by atoms with van der Waals surface area (Å²) in [5.41, 5.74) is 6.37. The molecule has 5 heteroatoms. The first-order valence-electron chi connectivity index (χ1n) is 6.24. The Balaban J connectivity index is 2.11. The van der Waals surface area contributed by atoms with E-state index in [1.165, 1.54) is 0 Å². The van der Waals surface area contributed by atoms with Crippen molar-refractivity contribution in [1.82, 2.24) is 15.0 Å². The van der Waals surface area contributed by atoms with Gasteiger partial charge in [-0.15, -0.1) is 0 Å². The van der Waals surface area contributed by atoms with Gasteiger partial charge in [-0.05, 0) is 19.1 Å². The van der Waals surface area contributed by atoms with E-state index in [1.807, 2.05) is 25.1 Å². The maximum absolute atomic E-state index is 5.69. The van der Waals surface area contributed by atoms with Gasteiger partial charge in [0.1, 0.15) is 24.0 Å². The van der Waals surface area contributed by atoms with Crippen LogP contribution in [0.4, 0.5) is 5.69 Å². The SMILES string of the molecule is Cc1nc(COc2cccc(N)c2)nc(C(C)C)n1. The molecule has 19 heavy (non-hydrogen) atoms. The van der Waals surface area contributed by atoms with Crippen LogP contribution in [0.15, 0.2) is 24.3 Å². The molecule has 0 radical (unpaired) electrons. The van der Waals surface area contributed by atoms with Gasteiger partial charge in [0, 0.05) is 17.7 Å². The van der Waals surface area contributed by atoms with E-state index in [-0.39, 0.29) is 5.92 Å². The number of ether oxygens (including phenoxy) is 1. The van der Waals surface area contributed by atoms with Gasteiger partial charge in [-0.2, -0.15) is 0 Å². The summed E-state index contributed by atoms with van der Waals surface area (Å²) in [7, 11) is 0. The number of benzene rings is 1. The van der Waals surface area contributed by atoms with Gasteiger partial charge in [-0.1, -0.05) is 19.9 Å². The Morgan fingerprint density at radius 2 is 2.00 bits per heavy atom. The Bertz CT molecular complexity index is 569. The lowest BCUT2D eigenvalue weighted by molar-refractivity contribution is 0.294. The molecule has 0 unspecified atom stereocenters. The number of aryl methyl sites for hydroxylation is 1. The van der Waals surface area contributed by atoms with Gasteiger partial charge >= 0.3 is 0 Å². The topological polar surface area (TPSA) is 73.9 Å². The van der Waals surface area contributed by atoms with E-state index in [0.29, 0.717) is 29.7 Å². The van der Waals surface area contributed by atoms with Crippen LogP contribution in [0.5, 0.6) is 5.75 Å². The fraction of sp³-hybridized carbons (Fsp3) is 0.357. The minimum atomic E-state index is 0.271. The van der Waals surface area contributed by atoms with Crippen LogP contribution >= 0.6 is 0 Å². The number of rotatable bonds is 4. The monoisotopic (exact) mass is 258 g/mol. The Morgan fingerprint density at radius 1 is 1.21 bits per heavy atom. The molecule has 0 aliphatic carbocycles. The summed E-state index contributed by atoms with van der Waals surface area (Å²) in [6.07, 6.45) is 0. The Hall–Kier alpha value is -2.17. The zero-order chi connectivity index (χ0) is 13.8. The fourth-order valence-corrected chi connectivity index (χ4v) is 1.63. The van der Waals surface area contributed by atoms with Crippen LogP contribution in [0.2, 0.25) is 0 Å². The second-order valence-electron chi connectivity index (χ2n) is 4.67. The van der Waals surface area contributed by atoms with Crippen LogP contribution < -0.4 is 10.5 Å². The molecule has 100 valence electrons. The van der Waals surface area contributed by atoms with E-state index < -0.39 is 0 Å². The van der Waals surface area contributed by atoms with Crippen molar-refractivity contribution in [3.63, 3.8) is 0 Å². The second kappa shape index (κ2) is 5.65. The van der Waals surface area contributed by atoms with Gasteiger partial charge in [-0.3, -0.25) is 0 Å². The van der Waals surface area contributed by atoms with E-state index in [0.717, 1.165) is 5.82 Å². The summed E-state index contributed by atoms with van der Waals surface area (Å²) in [5, 5.41) is 0. The molecule has 0 amide bonds. The van der Waals surface area contributed by atoms with Crippen molar-refractivity contribution in [3.05, 3.63) is 41.7 Å². The molecular weight excluding hydrogens is 240 g/mol. The van der Waals surface area contributed by atoms with Crippen molar-refractivity contribution in [1.29, 1.82) is 0 Å². The molecule has 0 atom stereocenters. The number of nitrogen functional groups attached to an aromatic ring is 1. The van der Waals surface area contributed by atoms with Crippen LogP contribution in [-0.2, 0) is 6.61 Å². The van der Waals surface area contributed by atoms with Crippen molar-refractivity contribution in [2.24, 2.45) is 0 Å². The predicted octanol–water partition coefficient (Wildman–Crippen LogP) is 2.46. The third-order valence-electron chi connectivity index (χ3n) is 2.55. The zero-order valence-electron chi connectivity index (χ0n) is 11.4. The van der Waals surface area contributed by atoms with Crippen LogP contribution in [0.3, 0.4) is 0 Å². The smallest absolute Gasteiger partial charge is 0.170 e. The largest absolute Gasteiger partial charge is 0.486 e. The average Bonchev–Trinajstić information content (AvgIpc) is 2.36. The summed E-state index contributed by atoms with van der Waals surface area (Å²) in [4.78, 5) is 13.0. The first-order valence-corrected chi connectivity index (χ1v) is 6.24. The third-order valence-corrected chi connectivity index (χ3v) is 2.55. The minimum Gasteiger partial charge on any atom is -0.486 e. The van der Waals surface area contributed by atoms with Gasteiger partial charge in [0.05, 0.1) is 0 Å². The number of hydrogen-bond donors (Lipinski definition) is 1. The predicted molar refractivity (Wildman–Crippen MR) is 73.8 cm³/mol. The van der Waals surface area contributed by atoms with Gasteiger partial charge < -0.3 is 10.5 Å². The van der Waals surface area contributed by atoms with Gasteiger partial charge in [0.15, 0.2) is 5.82 Å². The van der Waals surface area contributed by atoms with Crippen LogP contribution in [0, 0.1) is 6.92 Å². The minimum absolute atomic E-state index is 0.271. The molecule has 0 spiro atoms. The molecule has 1 aromatic heterocycles. The highest BCUT2D eigenvalue weighted by Gasteiger charge is 2.08. The fourth-order valence-electron chi connectivity index (χ4n) is 1.63. The van der Waals surface area contributed by atoms with Gasteiger partial charge in [0.25, 0.3) is 0 Å². The van der Waals surface area contributed by atoms with Crippen LogP contribution in [-0.4, -0.2) is 15.0 Å². The summed E-state index contributed by atoms with van der Waals surface area (Å²) >= 11 is 0. The normalized spacial score (nSPS) is 10.7. The molecule has 0 fully saturated rings. The highest BCUT2D eigenvalue weighted by molar-refractivity contribution is 5.43. The molecule has 5 nitrogen and oxygen atoms in total.